The van der Waals surface area contributed by atoms with Gasteiger partial charge in [-0.2, -0.15) is 46.5 Å². The number of alkyl halides is 6. The highest BCUT2D eigenvalue weighted by Crippen LogP contribution is 2.36. The van der Waals surface area contributed by atoms with E-state index in [9.17, 15) is 49.5 Å². The predicted octanol–water partition coefficient (Wildman–Crippen LogP) is 7.51. The fraction of sp³-hybridized carbons (Fsp3) is 0.283. The molecule has 9 rings (SSSR count). The van der Waals surface area contributed by atoms with Crippen molar-refractivity contribution in [2.24, 2.45) is 0 Å². The minimum absolute atomic E-state index is 0.0121. The number of carbonyl (C=O) groups excluding carboxylic acids is 1. The Morgan fingerprint density at radius 2 is 1.03 bits per heavy atom. The first-order valence-electron chi connectivity index (χ1n) is 25.2. The molecule has 2 aromatic carbocycles. The quantitative estimate of drug-likeness (QED) is 0.0506. The van der Waals surface area contributed by atoms with Crippen LogP contribution in [0.3, 0.4) is 0 Å². The van der Waals surface area contributed by atoms with Gasteiger partial charge in [-0.3, -0.25) is 9.69 Å². The van der Waals surface area contributed by atoms with Crippen molar-refractivity contribution in [1.29, 1.82) is 0 Å². The smallest absolute Gasteiger partial charge is 0.435 e. The molecule has 86 heavy (non-hydrogen) atoms. The van der Waals surface area contributed by atoms with Gasteiger partial charge in [0.2, 0.25) is 33.7 Å². The van der Waals surface area contributed by atoms with Crippen LogP contribution >= 0.6 is 0 Å². The van der Waals surface area contributed by atoms with E-state index in [1.165, 1.54) is 79.6 Å². The molecule has 0 unspecified atom stereocenters. The van der Waals surface area contributed by atoms with Gasteiger partial charge in [-0.1, -0.05) is 0 Å². The summed E-state index contributed by atoms with van der Waals surface area (Å²) in [6, 6.07) is 13.9. The van der Waals surface area contributed by atoms with Crippen molar-refractivity contribution in [2.75, 3.05) is 91.9 Å². The predicted molar refractivity (Wildman–Crippen MR) is 294 cm³/mol. The molecule has 1 fully saturated rings. The Hall–Kier alpha value is -9.89. The number of halogens is 6. The number of amides is 1. The summed E-state index contributed by atoms with van der Waals surface area (Å²) in [7, 11) is 4.36. The van der Waals surface area contributed by atoms with Crippen molar-refractivity contribution < 1.29 is 82.6 Å². The zero-order valence-corrected chi connectivity index (χ0v) is 47.0. The third-order valence-corrected chi connectivity index (χ3v) is 13.7. The Morgan fingerprint density at radius 1 is 0.605 bits per heavy atom. The number of carbonyl (C=O) groups is 2. The molecule has 0 bridgehead atoms. The molecular formula is C53H52F6N14O12S. The van der Waals surface area contributed by atoms with Crippen LogP contribution in [0.15, 0.2) is 97.8 Å². The highest BCUT2D eigenvalue weighted by Gasteiger charge is 2.35. The van der Waals surface area contributed by atoms with E-state index < -0.39 is 45.6 Å². The third kappa shape index (κ3) is 15.5. The lowest BCUT2D eigenvalue weighted by Crippen LogP contribution is -2.38. The molecule has 0 saturated carbocycles. The van der Waals surface area contributed by atoms with Crippen molar-refractivity contribution in [2.45, 2.75) is 18.8 Å². The third-order valence-electron chi connectivity index (χ3n) is 12.4. The van der Waals surface area contributed by atoms with Crippen LogP contribution in [0.4, 0.5) is 49.6 Å². The monoisotopic (exact) mass is 1220 g/mol. The molecule has 1 aliphatic heterocycles. The van der Waals surface area contributed by atoms with Crippen molar-refractivity contribution in [3.05, 3.63) is 120 Å². The second-order valence-corrected chi connectivity index (χ2v) is 19.9. The number of hydrogen-bond donors (Lipinski definition) is 4. The molecule has 33 heteroatoms. The SMILES string of the molecule is COc1cc(Nc2ncc(-c3cnc(OC)c(C(=O)NS(=O)(=O)CCCN4CCOCC4)c3)c(-n3ccc(C(F)(F)F)n3)n2)cc(OC)c1.COc1cc(Nc2ncc(-c3cnc(OC)c(C(=O)O)c3)c(-n3ccc(C(F)(F)F)n3)n2)cc(OC)c1. The zero-order chi connectivity index (χ0) is 61.9. The van der Waals surface area contributed by atoms with Gasteiger partial charge in [0.15, 0.2) is 23.0 Å². The Morgan fingerprint density at radius 3 is 1.43 bits per heavy atom. The number of carboxylic acid groups (broad SMARTS) is 1. The van der Waals surface area contributed by atoms with Crippen molar-refractivity contribution >= 4 is 45.2 Å². The van der Waals surface area contributed by atoms with Gasteiger partial charge < -0.3 is 48.9 Å². The lowest BCUT2D eigenvalue weighted by Gasteiger charge is -2.26. The Labute approximate surface area is 485 Å². The Bertz CT molecular complexity index is 3800. The number of carboxylic acids is 1. The number of aromatic carboxylic acids is 1. The summed E-state index contributed by atoms with van der Waals surface area (Å²) in [5, 5.41) is 22.7. The molecule has 0 atom stereocenters. The van der Waals surface area contributed by atoms with E-state index in [0.717, 1.165) is 33.9 Å². The first kappa shape index (κ1) is 62.2. The topological polar surface area (TPSA) is 305 Å². The first-order valence-corrected chi connectivity index (χ1v) is 26.8. The molecule has 4 N–H and O–H groups in total. The van der Waals surface area contributed by atoms with Gasteiger partial charge in [0.1, 0.15) is 34.1 Å². The molecular weight excluding hydrogens is 1170 g/mol. The van der Waals surface area contributed by atoms with Crippen LogP contribution in [0.1, 0.15) is 38.5 Å². The fourth-order valence-electron chi connectivity index (χ4n) is 8.22. The number of rotatable bonds is 21. The summed E-state index contributed by atoms with van der Waals surface area (Å²) in [4.78, 5) is 52.5. The highest BCUT2D eigenvalue weighted by atomic mass is 32.2. The molecule has 6 aromatic heterocycles. The molecule has 0 aliphatic carbocycles. The van der Waals surface area contributed by atoms with Gasteiger partial charge in [0.25, 0.3) is 5.91 Å². The molecule has 26 nitrogen and oxygen atoms in total. The molecule has 1 saturated heterocycles. The van der Waals surface area contributed by atoms with E-state index in [2.05, 4.69) is 60.4 Å². The van der Waals surface area contributed by atoms with E-state index in [4.69, 9.17) is 33.2 Å². The van der Waals surface area contributed by atoms with Crippen molar-refractivity contribution in [1.82, 2.24) is 59.1 Å². The lowest BCUT2D eigenvalue weighted by atomic mass is 10.1. The molecule has 7 heterocycles. The van der Waals surface area contributed by atoms with E-state index in [0.29, 0.717) is 67.2 Å². The van der Waals surface area contributed by atoms with Gasteiger partial charge in [0, 0.05) is 120 Å². The number of benzene rings is 2. The minimum Gasteiger partial charge on any atom is -0.497 e. The number of methoxy groups -OCH3 is 6. The van der Waals surface area contributed by atoms with Gasteiger partial charge in [-0.15, -0.1) is 0 Å². The molecule has 1 aliphatic rings. The zero-order valence-electron chi connectivity index (χ0n) is 46.2. The number of nitrogens with zero attached hydrogens (tertiary/aromatic N) is 11. The number of nitrogens with one attached hydrogen (secondary N) is 3. The first-order chi connectivity index (χ1) is 41.0. The van der Waals surface area contributed by atoms with Crippen LogP contribution in [0.2, 0.25) is 0 Å². The summed E-state index contributed by atoms with van der Waals surface area (Å²) >= 11 is 0. The normalized spacial score (nSPS) is 12.7. The standard InChI is InChI=1S/C30H33F3N8O7S.C23H19F3N6O5/c1-45-21-14-20(15-22(16-21)46-2)36-29-35-18-24(26(37-29)41-7-5-25(38-41)30(31,32)33)19-13-23(28(47-3)34-17-19)27(42)39-49(43,44)12-4-6-40-8-10-48-11-9-40;1-35-14-7-13(8-15(9-14)36-2)29-22-28-11-17(12-6-16(21(33)34)20(37-3)27-10-12)19(30-22)32-5-4-18(31-32)23(24,25)26/h5,7,13-18H,4,6,8-12H2,1-3H3,(H,39,42)(H,35,36,37);4-11H,1-3H3,(H,33,34)(H,28,29,30). The Balaban J connectivity index is 0.000000232. The van der Waals surface area contributed by atoms with Crippen LogP contribution in [-0.4, -0.2) is 161 Å². The highest BCUT2D eigenvalue weighted by molar-refractivity contribution is 7.90. The van der Waals surface area contributed by atoms with Gasteiger partial charge in [-0.05, 0) is 37.2 Å². The number of aromatic nitrogens is 10. The fourth-order valence-corrected chi connectivity index (χ4v) is 9.22. The van der Waals surface area contributed by atoms with Crippen molar-refractivity contribution in [3.63, 3.8) is 0 Å². The van der Waals surface area contributed by atoms with E-state index in [1.54, 1.807) is 36.4 Å². The van der Waals surface area contributed by atoms with Gasteiger partial charge in [0.05, 0.1) is 61.6 Å². The average Bonchev–Trinajstić information content (AvgIpc) is 1.82. The number of pyridine rings is 2. The van der Waals surface area contributed by atoms with Crippen molar-refractivity contribution in [3.8, 4) is 68.6 Å². The largest absolute Gasteiger partial charge is 0.497 e. The summed E-state index contributed by atoms with van der Waals surface area (Å²) in [5.41, 5.74) is -1.23. The summed E-state index contributed by atoms with van der Waals surface area (Å²) in [6.07, 6.45) is -1.80. The number of ether oxygens (including phenoxy) is 7. The minimum atomic E-state index is -4.74. The van der Waals surface area contributed by atoms with Crippen LogP contribution in [0.5, 0.6) is 34.8 Å². The second kappa shape index (κ2) is 26.8. The lowest BCUT2D eigenvalue weighted by molar-refractivity contribution is -0.142. The maximum atomic E-state index is 13.5. The Kier molecular flexibility index (Phi) is 19.4. The molecule has 454 valence electrons. The van der Waals surface area contributed by atoms with Crippen LogP contribution < -0.4 is 43.8 Å². The van der Waals surface area contributed by atoms with Crippen LogP contribution in [-0.2, 0) is 27.1 Å². The number of anilines is 4. The molecule has 0 radical (unpaired) electrons. The number of sulfonamides is 1. The van der Waals surface area contributed by atoms with Crippen LogP contribution in [0, 0.1) is 0 Å². The molecule has 0 spiro atoms. The summed E-state index contributed by atoms with van der Waals surface area (Å²) in [5.74, 6) is -1.28. The van der Waals surface area contributed by atoms with Crippen LogP contribution in [0.25, 0.3) is 33.9 Å². The number of hydrogen-bond acceptors (Lipinski definition) is 22. The molecule has 1 amide bonds. The van der Waals surface area contributed by atoms with E-state index >= 15 is 0 Å². The maximum absolute atomic E-state index is 13.5. The van der Waals surface area contributed by atoms with E-state index in [1.807, 2.05) is 0 Å². The maximum Gasteiger partial charge on any atom is 0.435 e. The molecule has 8 aromatic rings. The second-order valence-electron chi connectivity index (χ2n) is 18.0. The van der Waals surface area contributed by atoms with Gasteiger partial charge in [-0.25, -0.2) is 47.2 Å². The summed E-state index contributed by atoms with van der Waals surface area (Å²) in [6.45, 7) is 3.04. The number of morpholine rings is 1. The average molecular weight is 1220 g/mol. The van der Waals surface area contributed by atoms with E-state index in [-0.39, 0.29) is 80.8 Å². The summed E-state index contributed by atoms with van der Waals surface area (Å²) < 4.78 is 146. The van der Waals surface area contributed by atoms with Gasteiger partial charge >= 0.3 is 18.3 Å².